The van der Waals surface area contributed by atoms with Crippen molar-refractivity contribution in [1.82, 2.24) is 0 Å². The molecule has 0 aliphatic carbocycles. The Morgan fingerprint density at radius 1 is 0.926 bits per heavy atom. The Labute approximate surface area is 162 Å². The van der Waals surface area contributed by atoms with Gasteiger partial charge in [-0.1, -0.05) is 29.3 Å². The topological polar surface area (TPSA) is 84.5 Å². The minimum absolute atomic E-state index is 0.0229. The fourth-order valence-electron chi connectivity index (χ4n) is 2.33. The molecule has 0 atom stereocenters. The van der Waals surface area contributed by atoms with Gasteiger partial charge in [0.15, 0.2) is 6.61 Å². The molecule has 7 heteroatoms. The summed E-state index contributed by atoms with van der Waals surface area (Å²) in [6, 6.07) is 12.2. The number of ether oxygens (including phenoxy) is 1. The number of amides is 2. The lowest BCUT2D eigenvalue weighted by atomic mass is 10.1. The van der Waals surface area contributed by atoms with Crippen LogP contribution in [0, 0.1) is 13.8 Å². The predicted molar refractivity (Wildman–Crippen MR) is 105 cm³/mol. The molecule has 142 valence electrons. The maximum absolute atomic E-state index is 12.0. The van der Waals surface area contributed by atoms with Crippen molar-refractivity contribution < 1.29 is 19.1 Å². The molecular formula is C20H21ClN2O4. The Kier molecular flexibility index (Phi) is 7.37. The summed E-state index contributed by atoms with van der Waals surface area (Å²) < 4.78 is 4.88. The van der Waals surface area contributed by atoms with E-state index in [1.807, 2.05) is 32.0 Å². The molecule has 27 heavy (non-hydrogen) atoms. The summed E-state index contributed by atoms with van der Waals surface area (Å²) >= 11 is 5.76. The number of rotatable bonds is 7. The average Bonchev–Trinajstić information content (AvgIpc) is 2.62. The van der Waals surface area contributed by atoms with Crippen molar-refractivity contribution >= 4 is 40.8 Å². The SMILES string of the molecule is Cc1ccc(NC(=O)CCC(=O)OCC(=O)Nc2ccc(Cl)cc2)c(C)c1. The highest BCUT2D eigenvalue weighted by molar-refractivity contribution is 6.30. The first kappa shape index (κ1) is 20.5. The third-order valence-corrected chi connectivity index (χ3v) is 3.96. The van der Waals surface area contributed by atoms with Crippen molar-refractivity contribution in [2.24, 2.45) is 0 Å². The fourth-order valence-corrected chi connectivity index (χ4v) is 2.46. The van der Waals surface area contributed by atoms with Crippen LogP contribution in [0.4, 0.5) is 11.4 Å². The molecule has 0 unspecified atom stereocenters. The fraction of sp³-hybridized carbons (Fsp3) is 0.250. The van der Waals surface area contributed by atoms with Gasteiger partial charge in [0, 0.05) is 22.8 Å². The Balaban J connectivity index is 1.69. The number of carbonyl (C=O) groups excluding carboxylic acids is 3. The van der Waals surface area contributed by atoms with Crippen molar-refractivity contribution in [3.05, 3.63) is 58.6 Å². The summed E-state index contributed by atoms with van der Waals surface area (Å²) in [5, 5.41) is 5.89. The Hall–Kier alpha value is -2.86. The Morgan fingerprint density at radius 2 is 1.63 bits per heavy atom. The lowest BCUT2D eigenvalue weighted by Crippen LogP contribution is -2.21. The van der Waals surface area contributed by atoms with Gasteiger partial charge in [0.2, 0.25) is 5.91 Å². The second-order valence-electron chi connectivity index (χ2n) is 6.08. The average molecular weight is 389 g/mol. The van der Waals surface area contributed by atoms with Crippen molar-refractivity contribution in [3.63, 3.8) is 0 Å². The molecule has 0 aromatic heterocycles. The van der Waals surface area contributed by atoms with Gasteiger partial charge in [-0.05, 0) is 49.7 Å². The van der Waals surface area contributed by atoms with Gasteiger partial charge in [-0.2, -0.15) is 0 Å². The van der Waals surface area contributed by atoms with Crippen LogP contribution in [0.5, 0.6) is 0 Å². The van der Waals surface area contributed by atoms with Gasteiger partial charge in [0.1, 0.15) is 0 Å². The third-order valence-electron chi connectivity index (χ3n) is 3.70. The van der Waals surface area contributed by atoms with Crippen molar-refractivity contribution in [2.45, 2.75) is 26.7 Å². The molecule has 2 N–H and O–H groups in total. The monoisotopic (exact) mass is 388 g/mol. The highest BCUT2D eigenvalue weighted by Gasteiger charge is 2.11. The van der Waals surface area contributed by atoms with Crippen LogP contribution < -0.4 is 10.6 Å². The minimum atomic E-state index is -0.614. The number of halogens is 1. The van der Waals surface area contributed by atoms with Crippen LogP contribution in [0.1, 0.15) is 24.0 Å². The first-order chi connectivity index (χ1) is 12.8. The summed E-state index contributed by atoms with van der Waals surface area (Å²) in [7, 11) is 0. The molecule has 0 spiro atoms. The molecule has 6 nitrogen and oxygen atoms in total. The highest BCUT2D eigenvalue weighted by atomic mass is 35.5. The summed E-state index contributed by atoms with van der Waals surface area (Å²) in [4.78, 5) is 35.4. The second kappa shape index (κ2) is 9.73. The van der Waals surface area contributed by atoms with Crippen LogP contribution in [0.15, 0.2) is 42.5 Å². The van der Waals surface area contributed by atoms with Crippen molar-refractivity contribution in [1.29, 1.82) is 0 Å². The first-order valence-electron chi connectivity index (χ1n) is 8.41. The lowest BCUT2D eigenvalue weighted by Gasteiger charge is -2.09. The predicted octanol–water partition coefficient (Wildman–Crippen LogP) is 3.86. The molecule has 0 aliphatic heterocycles. The van der Waals surface area contributed by atoms with Crippen molar-refractivity contribution in [3.8, 4) is 0 Å². The molecule has 2 rings (SSSR count). The van der Waals surface area contributed by atoms with E-state index in [0.29, 0.717) is 16.4 Å². The van der Waals surface area contributed by atoms with E-state index in [2.05, 4.69) is 10.6 Å². The molecular weight excluding hydrogens is 368 g/mol. The number of anilines is 2. The molecule has 0 fully saturated rings. The highest BCUT2D eigenvalue weighted by Crippen LogP contribution is 2.16. The van der Waals surface area contributed by atoms with E-state index < -0.39 is 18.5 Å². The molecule has 2 amide bonds. The van der Waals surface area contributed by atoms with Crippen LogP contribution in [-0.4, -0.2) is 24.4 Å². The number of benzene rings is 2. The molecule has 0 aliphatic rings. The molecule has 0 bridgehead atoms. The van der Waals surface area contributed by atoms with Gasteiger partial charge in [0.25, 0.3) is 5.91 Å². The number of hydrogen-bond acceptors (Lipinski definition) is 4. The maximum atomic E-state index is 12.0. The zero-order valence-electron chi connectivity index (χ0n) is 15.2. The number of nitrogens with one attached hydrogen (secondary N) is 2. The molecule has 0 saturated carbocycles. The number of hydrogen-bond donors (Lipinski definition) is 2. The van der Waals surface area contributed by atoms with E-state index in [1.54, 1.807) is 24.3 Å². The molecule has 2 aromatic rings. The van der Waals surface area contributed by atoms with Gasteiger partial charge < -0.3 is 15.4 Å². The standard InChI is InChI=1S/C20H21ClN2O4/c1-13-3-8-17(14(2)11-13)23-18(24)9-10-20(26)27-12-19(25)22-16-6-4-15(21)5-7-16/h3-8,11H,9-10,12H2,1-2H3,(H,22,25)(H,23,24). The van der Waals surface area contributed by atoms with Gasteiger partial charge in [-0.25, -0.2) is 0 Å². The van der Waals surface area contributed by atoms with Crippen LogP contribution in [0.2, 0.25) is 5.02 Å². The smallest absolute Gasteiger partial charge is 0.306 e. The largest absolute Gasteiger partial charge is 0.456 e. The minimum Gasteiger partial charge on any atom is -0.456 e. The van der Waals surface area contributed by atoms with Crippen LogP contribution in [0.3, 0.4) is 0 Å². The van der Waals surface area contributed by atoms with Gasteiger partial charge >= 0.3 is 5.97 Å². The summed E-state index contributed by atoms with van der Waals surface area (Å²) in [6.07, 6.45) is -0.129. The van der Waals surface area contributed by atoms with Crippen LogP contribution >= 0.6 is 11.6 Å². The summed E-state index contributed by atoms with van der Waals surface area (Å²) in [6.45, 7) is 3.45. The van der Waals surface area contributed by atoms with Crippen LogP contribution in [-0.2, 0) is 19.1 Å². The van der Waals surface area contributed by atoms with E-state index >= 15 is 0 Å². The summed E-state index contributed by atoms with van der Waals surface area (Å²) in [5.41, 5.74) is 3.31. The van der Waals surface area contributed by atoms with E-state index in [9.17, 15) is 14.4 Å². The normalized spacial score (nSPS) is 10.2. The van der Waals surface area contributed by atoms with E-state index in [4.69, 9.17) is 16.3 Å². The van der Waals surface area contributed by atoms with Crippen LogP contribution in [0.25, 0.3) is 0 Å². The van der Waals surface area contributed by atoms with E-state index in [1.165, 1.54) is 0 Å². The van der Waals surface area contributed by atoms with Crippen molar-refractivity contribution in [2.75, 3.05) is 17.2 Å². The van der Waals surface area contributed by atoms with Gasteiger partial charge in [-0.15, -0.1) is 0 Å². The first-order valence-corrected chi connectivity index (χ1v) is 8.79. The van der Waals surface area contributed by atoms with Gasteiger partial charge in [-0.3, -0.25) is 14.4 Å². The number of aryl methyl sites for hydroxylation is 2. The molecule has 0 saturated heterocycles. The number of esters is 1. The molecule has 0 radical (unpaired) electrons. The van der Waals surface area contributed by atoms with E-state index in [-0.39, 0.29) is 18.7 Å². The number of carbonyl (C=O) groups is 3. The Bertz CT molecular complexity index is 834. The summed E-state index contributed by atoms with van der Waals surface area (Å²) in [5.74, 6) is -1.37. The lowest BCUT2D eigenvalue weighted by molar-refractivity contribution is -0.147. The molecule has 2 aromatic carbocycles. The second-order valence-corrected chi connectivity index (χ2v) is 6.52. The molecule has 0 heterocycles. The zero-order valence-corrected chi connectivity index (χ0v) is 15.9. The van der Waals surface area contributed by atoms with Gasteiger partial charge in [0.05, 0.1) is 6.42 Å². The van der Waals surface area contributed by atoms with E-state index in [0.717, 1.165) is 11.1 Å². The zero-order chi connectivity index (χ0) is 19.8. The quantitative estimate of drug-likeness (QED) is 0.705. The third kappa shape index (κ3) is 7.11. The Morgan fingerprint density at radius 3 is 2.30 bits per heavy atom. The maximum Gasteiger partial charge on any atom is 0.306 e.